The second-order valence-electron chi connectivity index (χ2n) is 3.76. The number of para-hydroxylation sites is 1. The van der Waals surface area contributed by atoms with Gasteiger partial charge in [-0.3, -0.25) is 9.59 Å². The molecule has 0 aliphatic heterocycles. The van der Waals surface area contributed by atoms with E-state index in [2.05, 4.69) is 5.32 Å². The second kappa shape index (κ2) is 6.26. The summed E-state index contributed by atoms with van der Waals surface area (Å²) in [4.78, 5) is 22.2. The molecule has 0 fully saturated rings. The molecule has 1 rings (SSSR count). The molecule has 0 aromatic heterocycles. The summed E-state index contributed by atoms with van der Waals surface area (Å²) in [6.45, 7) is 2.90. The van der Waals surface area contributed by atoms with Gasteiger partial charge in [0.15, 0.2) is 6.10 Å². The third kappa shape index (κ3) is 3.92. The van der Waals surface area contributed by atoms with Crippen LogP contribution < -0.4 is 10.1 Å². The summed E-state index contributed by atoms with van der Waals surface area (Å²) in [5.41, 5.74) is 0. The maximum Gasteiger partial charge on any atom is 0.325 e. The largest absolute Gasteiger partial charge is 0.480 e. The van der Waals surface area contributed by atoms with Gasteiger partial charge in [-0.2, -0.15) is 0 Å². The van der Waals surface area contributed by atoms with Gasteiger partial charge >= 0.3 is 5.97 Å². The molecule has 0 spiro atoms. The molecule has 1 aromatic rings. The molecule has 6 heteroatoms. The number of amides is 1. The lowest BCUT2D eigenvalue weighted by Gasteiger charge is -2.17. The van der Waals surface area contributed by atoms with Gasteiger partial charge in [-0.05, 0) is 26.0 Å². The number of carbonyl (C=O) groups excluding carboxylic acids is 1. The van der Waals surface area contributed by atoms with Crippen LogP contribution in [0.1, 0.15) is 13.8 Å². The van der Waals surface area contributed by atoms with Gasteiger partial charge in [-0.1, -0.05) is 23.7 Å². The Bertz CT molecular complexity index is 449. The number of ether oxygens (including phenoxy) is 1. The molecule has 2 N–H and O–H groups in total. The van der Waals surface area contributed by atoms with Crippen LogP contribution in [0.4, 0.5) is 0 Å². The number of hydrogen-bond donors (Lipinski definition) is 2. The average Bonchev–Trinajstić information content (AvgIpc) is 2.31. The average molecular weight is 272 g/mol. The lowest BCUT2D eigenvalue weighted by molar-refractivity contribution is -0.142. The van der Waals surface area contributed by atoms with E-state index in [9.17, 15) is 9.59 Å². The van der Waals surface area contributed by atoms with Gasteiger partial charge in [0.05, 0.1) is 5.02 Å². The first-order valence-corrected chi connectivity index (χ1v) is 5.74. The topological polar surface area (TPSA) is 75.6 Å². The summed E-state index contributed by atoms with van der Waals surface area (Å²) < 4.78 is 5.35. The summed E-state index contributed by atoms with van der Waals surface area (Å²) in [6.07, 6.45) is -0.827. The molecule has 0 radical (unpaired) electrons. The summed E-state index contributed by atoms with van der Waals surface area (Å²) in [7, 11) is 0. The first-order chi connectivity index (χ1) is 8.41. The molecular weight excluding hydrogens is 258 g/mol. The van der Waals surface area contributed by atoms with Crippen molar-refractivity contribution in [2.24, 2.45) is 0 Å². The van der Waals surface area contributed by atoms with Crippen LogP contribution >= 0.6 is 11.6 Å². The number of nitrogens with one attached hydrogen (secondary N) is 1. The molecule has 1 amide bonds. The summed E-state index contributed by atoms with van der Waals surface area (Å²) in [5.74, 6) is -1.23. The van der Waals surface area contributed by atoms with E-state index in [1.54, 1.807) is 24.3 Å². The third-order valence-electron chi connectivity index (χ3n) is 2.24. The van der Waals surface area contributed by atoms with Crippen LogP contribution in [0, 0.1) is 0 Å². The Labute approximate surface area is 110 Å². The van der Waals surface area contributed by atoms with Gasteiger partial charge < -0.3 is 15.2 Å². The Morgan fingerprint density at radius 1 is 1.33 bits per heavy atom. The zero-order chi connectivity index (χ0) is 13.7. The normalized spacial score (nSPS) is 13.5. The van der Waals surface area contributed by atoms with Crippen molar-refractivity contribution in [1.82, 2.24) is 5.32 Å². The molecule has 5 nitrogen and oxygen atoms in total. The maximum atomic E-state index is 11.6. The van der Waals surface area contributed by atoms with Crippen LogP contribution in [0.2, 0.25) is 5.02 Å². The van der Waals surface area contributed by atoms with Crippen molar-refractivity contribution >= 4 is 23.5 Å². The van der Waals surface area contributed by atoms with Crippen molar-refractivity contribution in [1.29, 1.82) is 0 Å². The van der Waals surface area contributed by atoms with E-state index < -0.39 is 24.0 Å². The molecular formula is C12H14ClNO4. The molecule has 0 saturated carbocycles. The van der Waals surface area contributed by atoms with Gasteiger partial charge in [-0.15, -0.1) is 0 Å². The van der Waals surface area contributed by atoms with Crippen LogP contribution in [0.15, 0.2) is 24.3 Å². The number of carboxylic acids is 1. The van der Waals surface area contributed by atoms with Crippen molar-refractivity contribution in [2.45, 2.75) is 26.0 Å². The van der Waals surface area contributed by atoms with Gasteiger partial charge in [-0.25, -0.2) is 0 Å². The number of halogens is 1. The number of rotatable bonds is 5. The quantitative estimate of drug-likeness (QED) is 0.855. The lowest BCUT2D eigenvalue weighted by atomic mass is 10.3. The highest BCUT2D eigenvalue weighted by Crippen LogP contribution is 2.24. The minimum Gasteiger partial charge on any atom is -0.480 e. The number of aliphatic carboxylic acids is 1. The molecule has 98 valence electrons. The molecule has 0 heterocycles. The van der Waals surface area contributed by atoms with Gasteiger partial charge in [0.2, 0.25) is 0 Å². The highest BCUT2D eigenvalue weighted by atomic mass is 35.5. The highest BCUT2D eigenvalue weighted by molar-refractivity contribution is 6.32. The third-order valence-corrected chi connectivity index (χ3v) is 2.55. The van der Waals surface area contributed by atoms with Crippen LogP contribution in [0.5, 0.6) is 5.75 Å². The van der Waals surface area contributed by atoms with Crippen molar-refractivity contribution in [3.63, 3.8) is 0 Å². The summed E-state index contributed by atoms with van der Waals surface area (Å²) in [6, 6.07) is 5.78. The molecule has 0 saturated heterocycles. The predicted octanol–water partition coefficient (Wildman–Crippen LogP) is 1.70. The molecule has 1 unspecified atom stereocenters. The van der Waals surface area contributed by atoms with E-state index >= 15 is 0 Å². The van der Waals surface area contributed by atoms with Crippen molar-refractivity contribution in [3.05, 3.63) is 29.3 Å². The van der Waals surface area contributed by atoms with Gasteiger partial charge in [0.1, 0.15) is 11.8 Å². The van der Waals surface area contributed by atoms with Crippen LogP contribution in [-0.2, 0) is 9.59 Å². The Hall–Kier alpha value is -1.75. The van der Waals surface area contributed by atoms with Gasteiger partial charge in [0, 0.05) is 0 Å². The fourth-order valence-corrected chi connectivity index (χ4v) is 1.36. The number of benzene rings is 1. The standard InChI is InChI=1S/C12H14ClNO4/c1-7(12(16)17)14-11(15)8(2)18-10-6-4-3-5-9(10)13/h3-8H,1-2H3,(H,14,15)(H,16,17)/t7-,8?/m1/s1. The van der Waals surface area contributed by atoms with E-state index in [4.69, 9.17) is 21.4 Å². The lowest BCUT2D eigenvalue weighted by Crippen LogP contribution is -2.44. The first-order valence-electron chi connectivity index (χ1n) is 5.36. The molecule has 0 bridgehead atoms. The number of carboxylic acid groups (broad SMARTS) is 1. The Balaban J connectivity index is 2.60. The van der Waals surface area contributed by atoms with Crippen LogP contribution in [0.3, 0.4) is 0 Å². The number of hydrogen-bond acceptors (Lipinski definition) is 3. The van der Waals surface area contributed by atoms with E-state index in [-0.39, 0.29) is 0 Å². The molecule has 18 heavy (non-hydrogen) atoms. The van der Waals surface area contributed by atoms with Crippen molar-refractivity contribution in [3.8, 4) is 5.75 Å². The van der Waals surface area contributed by atoms with E-state index in [1.807, 2.05) is 0 Å². The monoisotopic (exact) mass is 271 g/mol. The van der Waals surface area contributed by atoms with Crippen LogP contribution in [0.25, 0.3) is 0 Å². The predicted molar refractivity (Wildman–Crippen MR) is 66.8 cm³/mol. The molecule has 2 atom stereocenters. The fraction of sp³-hybridized carbons (Fsp3) is 0.333. The highest BCUT2D eigenvalue weighted by Gasteiger charge is 2.20. The smallest absolute Gasteiger partial charge is 0.325 e. The Morgan fingerprint density at radius 2 is 1.94 bits per heavy atom. The summed E-state index contributed by atoms with van der Waals surface area (Å²) >= 11 is 5.88. The summed E-state index contributed by atoms with van der Waals surface area (Å²) in [5, 5.41) is 11.4. The number of carbonyl (C=O) groups is 2. The zero-order valence-corrected chi connectivity index (χ0v) is 10.8. The minimum absolute atomic E-state index is 0.379. The van der Waals surface area contributed by atoms with E-state index in [0.29, 0.717) is 10.8 Å². The first kappa shape index (κ1) is 14.3. The van der Waals surface area contributed by atoms with Crippen molar-refractivity contribution in [2.75, 3.05) is 0 Å². The molecule has 0 aliphatic carbocycles. The molecule has 1 aromatic carbocycles. The van der Waals surface area contributed by atoms with Gasteiger partial charge in [0.25, 0.3) is 5.91 Å². The fourth-order valence-electron chi connectivity index (χ4n) is 1.18. The Kier molecular flexibility index (Phi) is 4.97. The van der Waals surface area contributed by atoms with E-state index in [0.717, 1.165) is 0 Å². The SMILES string of the molecule is CC(Oc1ccccc1Cl)C(=O)N[C@H](C)C(=O)O. The minimum atomic E-state index is -1.10. The maximum absolute atomic E-state index is 11.6. The second-order valence-corrected chi connectivity index (χ2v) is 4.17. The van der Waals surface area contributed by atoms with Crippen LogP contribution in [-0.4, -0.2) is 29.1 Å². The zero-order valence-electron chi connectivity index (χ0n) is 10.0. The van der Waals surface area contributed by atoms with Crippen molar-refractivity contribution < 1.29 is 19.4 Å². The van der Waals surface area contributed by atoms with E-state index in [1.165, 1.54) is 13.8 Å². The Morgan fingerprint density at radius 3 is 2.50 bits per heavy atom. The molecule has 0 aliphatic rings.